The summed E-state index contributed by atoms with van der Waals surface area (Å²) in [6.07, 6.45) is 4.79. The van der Waals surface area contributed by atoms with Gasteiger partial charge < -0.3 is 10.4 Å². The quantitative estimate of drug-likeness (QED) is 0.546. The zero-order valence-electron chi connectivity index (χ0n) is 14.1. The van der Waals surface area contributed by atoms with Crippen molar-refractivity contribution >= 4 is 16.6 Å². The Balaban J connectivity index is 1.88. The molecule has 0 radical (unpaired) electrons. The molecule has 0 aliphatic rings. The lowest BCUT2D eigenvalue weighted by Crippen LogP contribution is -2.15. The van der Waals surface area contributed by atoms with E-state index in [4.69, 9.17) is 0 Å². The standard InChI is InChI=1S/C21H15F2N3O/c22-14-6-8-16(18(23)11-14)20(26-15-4-2-9-24-12-15)17-7-5-13-3-1-10-25-19(13)21(17)27/h1-12,20,26-27H. The molecule has 2 aromatic carbocycles. The van der Waals surface area contributed by atoms with Gasteiger partial charge in [0.2, 0.25) is 0 Å². The summed E-state index contributed by atoms with van der Waals surface area (Å²) in [5.74, 6) is -1.43. The maximum Gasteiger partial charge on any atom is 0.147 e. The Morgan fingerprint density at radius 2 is 1.74 bits per heavy atom. The number of benzene rings is 2. The summed E-state index contributed by atoms with van der Waals surface area (Å²) in [7, 11) is 0. The summed E-state index contributed by atoms with van der Waals surface area (Å²) in [5, 5.41) is 14.7. The van der Waals surface area contributed by atoms with Crippen LogP contribution >= 0.6 is 0 Å². The fourth-order valence-electron chi connectivity index (χ4n) is 3.05. The van der Waals surface area contributed by atoms with E-state index in [0.717, 1.165) is 11.5 Å². The number of aromatic hydroxyl groups is 1. The van der Waals surface area contributed by atoms with Gasteiger partial charge in [-0.05, 0) is 24.3 Å². The molecule has 0 saturated carbocycles. The second kappa shape index (κ2) is 6.99. The minimum absolute atomic E-state index is 0.0572. The number of nitrogens with zero attached hydrogens (tertiary/aromatic N) is 2. The number of rotatable bonds is 4. The fourth-order valence-corrected chi connectivity index (χ4v) is 3.05. The highest BCUT2D eigenvalue weighted by atomic mass is 19.1. The summed E-state index contributed by atoms with van der Waals surface area (Å²) >= 11 is 0. The van der Waals surface area contributed by atoms with Crippen LogP contribution in [0.5, 0.6) is 5.75 Å². The number of nitrogens with one attached hydrogen (secondary N) is 1. The van der Waals surface area contributed by atoms with Crippen LogP contribution in [0, 0.1) is 11.6 Å². The van der Waals surface area contributed by atoms with Gasteiger partial charge in [-0.15, -0.1) is 0 Å². The molecule has 4 rings (SSSR count). The fraction of sp³-hybridized carbons (Fsp3) is 0.0476. The number of anilines is 1. The summed E-state index contributed by atoms with van der Waals surface area (Å²) in [6.45, 7) is 0. The Morgan fingerprint density at radius 3 is 2.52 bits per heavy atom. The Morgan fingerprint density at radius 1 is 0.926 bits per heavy atom. The van der Waals surface area contributed by atoms with E-state index in [1.807, 2.05) is 6.07 Å². The molecule has 1 unspecified atom stereocenters. The third-order valence-electron chi connectivity index (χ3n) is 4.34. The lowest BCUT2D eigenvalue weighted by Gasteiger charge is -2.22. The largest absolute Gasteiger partial charge is 0.505 e. The van der Waals surface area contributed by atoms with Gasteiger partial charge in [-0.2, -0.15) is 0 Å². The maximum absolute atomic E-state index is 14.5. The molecule has 0 fully saturated rings. The van der Waals surface area contributed by atoms with E-state index < -0.39 is 17.7 Å². The van der Waals surface area contributed by atoms with Crippen molar-refractivity contribution < 1.29 is 13.9 Å². The molecule has 0 saturated heterocycles. The van der Waals surface area contributed by atoms with Crippen LogP contribution in [0.2, 0.25) is 0 Å². The molecule has 134 valence electrons. The van der Waals surface area contributed by atoms with E-state index in [9.17, 15) is 13.9 Å². The molecule has 2 heterocycles. The van der Waals surface area contributed by atoms with Crippen LogP contribution < -0.4 is 5.32 Å². The monoisotopic (exact) mass is 363 g/mol. The first-order chi connectivity index (χ1) is 13.1. The maximum atomic E-state index is 14.5. The molecule has 4 aromatic rings. The molecule has 2 aromatic heterocycles. The number of pyridine rings is 2. The second-order valence-corrected chi connectivity index (χ2v) is 6.06. The molecule has 4 nitrogen and oxygen atoms in total. The lowest BCUT2D eigenvalue weighted by atomic mass is 9.95. The van der Waals surface area contributed by atoms with Gasteiger partial charge in [0, 0.05) is 41.2 Å². The van der Waals surface area contributed by atoms with Crippen LogP contribution in [0.15, 0.2) is 73.2 Å². The van der Waals surface area contributed by atoms with Gasteiger partial charge in [0.05, 0.1) is 11.7 Å². The molecule has 0 bridgehead atoms. The van der Waals surface area contributed by atoms with Crippen molar-refractivity contribution in [3.8, 4) is 5.75 Å². The van der Waals surface area contributed by atoms with Crippen molar-refractivity contribution in [2.45, 2.75) is 6.04 Å². The summed E-state index contributed by atoms with van der Waals surface area (Å²) in [5.41, 5.74) is 1.67. The van der Waals surface area contributed by atoms with Crippen molar-refractivity contribution in [3.05, 3.63) is 95.9 Å². The Bertz CT molecular complexity index is 1100. The van der Waals surface area contributed by atoms with E-state index in [1.165, 1.54) is 12.1 Å². The van der Waals surface area contributed by atoms with E-state index >= 15 is 0 Å². The van der Waals surface area contributed by atoms with E-state index in [2.05, 4.69) is 15.3 Å². The summed E-state index contributed by atoms with van der Waals surface area (Å²) < 4.78 is 27.9. The van der Waals surface area contributed by atoms with Crippen LogP contribution in [-0.4, -0.2) is 15.1 Å². The minimum Gasteiger partial charge on any atom is -0.505 e. The highest BCUT2D eigenvalue weighted by molar-refractivity contribution is 5.86. The van der Waals surface area contributed by atoms with E-state index in [1.54, 1.807) is 48.9 Å². The molecule has 0 spiro atoms. The van der Waals surface area contributed by atoms with Crippen LogP contribution in [-0.2, 0) is 0 Å². The van der Waals surface area contributed by atoms with Gasteiger partial charge >= 0.3 is 0 Å². The first kappa shape index (κ1) is 16.9. The minimum atomic E-state index is -0.763. The smallest absolute Gasteiger partial charge is 0.147 e. The van der Waals surface area contributed by atoms with Crippen molar-refractivity contribution in [3.63, 3.8) is 0 Å². The third kappa shape index (κ3) is 3.29. The normalized spacial score (nSPS) is 12.1. The van der Waals surface area contributed by atoms with Gasteiger partial charge in [-0.1, -0.05) is 24.3 Å². The SMILES string of the molecule is Oc1c(C(Nc2cccnc2)c2ccc(F)cc2F)ccc2cccnc12. The molecule has 2 N–H and O–H groups in total. The molecule has 0 aliphatic carbocycles. The highest BCUT2D eigenvalue weighted by Gasteiger charge is 2.23. The number of phenols is 1. The van der Waals surface area contributed by atoms with Gasteiger partial charge in [0.1, 0.15) is 22.9 Å². The zero-order chi connectivity index (χ0) is 18.8. The number of hydrogen-bond acceptors (Lipinski definition) is 4. The Hall–Kier alpha value is -3.54. The number of phenolic OH excluding ortho intramolecular Hbond substituents is 1. The average molecular weight is 363 g/mol. The molecule has 6 heteroatoms. The predicted molar refractivity (Wildman–Crippen MR) is 99.5 cm³/mol. The van der Waals surface area contributed by atoms with Gasteiger partial charge in [0.25, 0.3) is 0 Å². The predicted octanol–water partition coefficient (Wildman–Crippen LogP) is 4.82. The first-order valence-corrected chi connectivity index (χ1v) is 8.31. The molecule has 27 heavy (non-hydrogen) atoms. The number of halogens is 2. The van der Waals surface area contributed by atoms with Crippen LogP contribution in [0.4, 0.5) is 14.5 Å². The lowest BCUT2D eigenvalue weighted by molar-refractivity contribution is 0.470. The Labute approximate surface area is 154 Å². The van der Waals surface area contributed by atoms with Crippen molar-refractivity contribution in [1.82, 2.24) is 9.97 Å². The third-order valence-corrected chi connectivity index (χ3v) is 4.34. The summed E-state index contributed by atoms with van der Waals surface area (Å²) in [6, 6.07) is 13.2. The zero-order valence-corrected chi connectivity index (χ0v) is 14.1. The first-order valence-electron chi connectivity index (χ1n) is 8.31. The average Bonchev–Trinajstić information content (AvgIpc) is 2.68. The number of fused-ring (bicyclic) bond motifs is 1. The Kier molecular flexibility index (Phi) is 4.38. The molecule has 0 amide bonds. The van der Waals surface area contributed by atoms with E-state index in [0.29, 0.717) is 16.8 Å². The number of aromatic nitrogens is 2. The summed E-state index contributed by atoms with van der Waals surface area (Å²) in [4.78, 5) is 8.26. The second-order valence-electron chi connectivity index (χ2n) is 6.06. The van der Waals surface area contributed by atoms with Crippen LogP contribution in [0.3, 0.4) is 0 Å². The van der Waals surface area contributed by atoms with E-state index in [-0.39, 0.29) is 11.3 Å². The van der Waals surface area contributed by atoms with Crippen molar-refractivity contribution in [2.75, 3.05) is 5.32 Å². The van der Waals surface area contributed by atoms with Gasteiger partial charge in [0.15, 0.2) is 0 Å². The van der Waals surface area contributed by atoms with Crippen LogP contribution in [0.25, 0.3) is 10.9 Å². The topological polar surface area (TPSA) is 58.0 Å². The highest BCUT2D eigenvalue weighted by Crippen LogP contribution is 2.37. The van der Waals surface area contributed by atoms with Crippen LogP contribution in [0.1, 0.15) is 17.2 Å². The van der Waals surface area contributed by atoms with Crippen molar-refractivity contribution in [2.24, 2.45) is 0 Å². The van der Waals surface area contributed by atoms with Crippen molar-refractivity contribution in [1.29, 1.82) is 0 Å². The molecular formula is C21H15F2N3O. The van der Waals surface area contributed by atoms with Gasteiger partial charge in [-0.3, -0.25) is 9.97 Å². The number of hydrogen-bond donors (Lipinski definition) is 2. The molecule has 0 aliphatic heterocycles. The molecular weight excluding hydrogens is 348 g/mol. The molecule has 1 atom stereocenters. The van der Waals surface area contributed by atoms with Gasteiger partial charge in [-0.25, -0.2) is 8.78 Å².